The summed E-state index contributed by atoms with van der Waals surface area (Å²) >= 11 is 0. The lowest BCUT2D eigenvalue weighted by Crippen LogP contribution is -2.33. The van der Waals surface area contributed by atoms with Crippen LogP contribution in [0, 0.1) is 0 Å². The zero-order valence-electron chi connectivity index (χ0n) is 17.8. The van der Waals surface area contributed by atoms with Crippen molar-refractivity contribution in [3.8, 4) is 5.75 Å². The van der Waals surface area contributed by atoms with E-state index in [1.54, 1.807) is 7.11 Å². The second-order valence-corrected chi connectivity index (χ2v) is 7.96. The van der Waals surface area contributed by atoms with E-state index in [4.69, 9.17) is 20.4 Å². The smallest absolute Gasteiger partial charge is 0.227 e. The zero-order valence-corrected chi connectivity index (χ0v) is 17.8. The Balaban J connectivity index is 1.57. The molecule has 2 heterocycles. The average molecular weight is 410 g/mol. The second-order valence-electron chi connectivity index (χ2n) is 7.96. The van der Waals surface area contributed by atoms with Gasteiger partial charge in [0, 0.05) is 25.2 Å². The molecule has 0 amide bonds. The van der Waals surface area contributed by atoms with Crippen molar-refractivity contribution in [1.82, 2.24) is 19.5 Å². The number of nitrogens with two attached hydrogens (primary N) is 1. The molecule has 30 heavy (non-hydrogen) atoms. The first-order valence-corrected chi connectivity index (χ1v) is 10.8. The molecule has 0 radical (unpaired) electrons. The summed E-state index contributed by atoms with van der Waals surface area (Å²) in [7, 11) is 1.67. The zero-order chi connectivity index (χ0) is 20.9. The molecule has 0 atom stereocenters. The lowest BCUT2D eigenvalue weighted by atomic mass is 9.92. The lowest BCUT2D eigenvalue weighted by molar-refractivity contribution is 0.410. The number of aryl methyl sites for hydroxylation is 1. The predicted octanol–water partition coefficient (Wildman–Crippen LogP) is 3.54. The normalized spacial score (nSPS) is 19.0. The van der Waals surface area contributed by atoms with Crippen molar-refractivity contribution in [2.75, 3.05) is 17.7 Å². The molecule has 1 aliphatic carbocycles. The van der Waals surface area contributed by atoms with Crippen LogP contribution in [0.1, 0.15) is 44.6 Å². The molecule has 8 heteroatoms. The number of fused-ring (bicyclic) bond motifs is 1. The van der Waals surface area contributed by atoms with Crippen LogP contribution < -0.4 is 21.1 Å². The molecule has 4 rings (SSSR count). The number of nitrogens with one attached hydrogen (secondary N) is 2. The van der Waals surface area contributed by atoms with Crippen LogP contribution >= 0.6 is 0 Å². The number of benzene rings is 1. The Morgan fingerprint density at radius 2 is 1.90 bits per heavy atom. The van der Waals surface area contributed by atoms with Gasteiger partial charge in [-0.25, -0.2) is 4.98 Å². The number of methoxy groups -OCH3 is 1. The fourth-order valence-electron chi connectivity index (χ4n) is 3.91. The minimum atomic E-state index is 0.319. The summed E-state index contributed by atoms with van der Waals surface area (Å²) in [5.74, 6) is 2.25. The van der Waals surface area contributed by atoms with E-state index in [0.29, 0.717) is 24.6 Å². The Morgan fingerprint density at radius 1 is 1.13 bits per heavy atom. The number of hydrogen-bond acceptors (Lipinski definition) is 7. The van der Waals surface area contributed by atoms with Crippen LogP contribution in [0.4, 0.5) is 11.8 Å². The molecule has 4 N–H and O–H groups in total. The number of imidazole rings is 1. The topological polar surface area (TPSA) is 103 Å². The fourth-order valence-corrected chi connectivity index (χ4v) is 3.91. The van der Waals surface area contributed by atoms with Crippen molar-refractivity contribution < 1.29 is 4.74 Å². The molecule has 0 saturated heterocycles. The van der Waals surface area contributed by atoms with Crippen molar-refractivity contribution in [3.05, 3.63) is 36.2 Å². The van der Waals surface area contributed by atoms with Gasteiger partial charge in [0.05, 0.1) is 13.4 Å². The largest absolute Gasteiger partial charge is 0.497 e. The highest BCUT2D eigenvalue weighted by Gasteiger charge is 2.20. The predicted molar refractivity (Wildman–Crippen MR) is 120 cm³/mol. The average Bonchev–Trinajstić information content (AvgIpc) is 3.17. The van der Waals surface area contributed by atoms with Crippen LogP contribution in [0.5, 0.6) is 5.75 Å². The standard InChI is InChI=1S/C22H31N7O/c1-3-12-29-14-25-19-20(24-13-15-4-10-18(30-2)11-5-15)27-22(28-21(19)29)26-17-8-6-16(23)7-9-17/h4-5,10-11,14,16-17H,3,6-9,12-13,23H2,1-2H3,(H2,24,26,27,28). The third kappa shape index (κ3) is 4.64. The van der Waals surface area contributed by atoms with E-state index in [0.717, 1.165) is 66.9 Å². The molecular weight excluding hydrogens is 378 g/mol. The highest BCUT2D eigenvalue weighted by atomic mass is 16.5. The first-order chi connectivity index (χ1) is 14.7. The maximum absolute atomic E-state index is 6.05. The van der Waals surface area contributed by atoms with Crippen LogP contribution in [-0.4, -0.2) is 38.7 Å². The van der Waals surface area contributed by atoms with E-state index in [9.17, 15) is 0 Å². The SMILES string of the molecule is CCCn1cnc2c(NCc3ccc(OC)cc3)nc(NC3CCC(N)CC3)nc21. The summed E-state index contributed by atoms with van der Waals surface area (Å²) in [5.41, 5.74) is 8.86. The second kappa shape index (κ2) is 9.30. The molecular formula is C22H31N7O. The van der Waals surface area contributed by atoms with Crippen molar-refractivity contribution >= 4 is 22.9 Å². The highest BCUT2D eigenvalue weighted by molar-refractivity contribution is 5.84. The quantitative estimate of drug-likeness (QED) is 0.523. The summed E-state index contributed by atoms with van der Waals surface area (Å²) in [5, 5.41) is 6.98. The van der Waals surface area contributed by atoms with Crippen LogP contribution in [0.15, 0.2) is 30.6 Å². The Bertz CT molecular complexity index is 962. The number of ether oxygens (including phenoxy) is 1. The van der Waals surface area contributed by atoms with Gasteiger partial charge in [-0.15, -0.1) is 0 Å². The maximum Gasteiger partial charge on any atom is 0.227 e. The van der Waals surface area contributed by atoms with Gasteiger partial charge in [0.1, 0.15) is 5.75 Å². The monoisotopic (exact) mass is 409 g/mol. The van der Waals surface area contributed by atoms with E-state index in [-0.39, 0.29) is 0 Å². The molecule has 160 valence electrons. The Labute approximate surface area is 177 Å². The molecule has 3 aromatic rings. The summed E-state index contributed by atoms with van der Waals surface area (Å²) < 4.78 is 7.33. The molecule has 1 aromatic carbocycles. The van der Waals surface area contributed by atoms with Crippen LogP contribution in [-0.2, 0) is 13.1 Å². The van der Waals surface area contributed by atoms with Gasteiger partial charge in [-0.05, 0) is 49.8 Å². The lowest BCUT2D eigenvalue weighted by Gasteiger charge is -2.26. The van der Waals surface area contributed by atoms with Gasteiger partial charge in [0.15, 0.2) is 17.0 Å². The van der Waals surface area contributed by atoms with Crippen molar-refractivity contribution in [3.63, 3.8) is 0 Å². The van der Waals surface area contributed by atoms with Gasteiger partial charge in [-0.2, -0.15) is 9.97 Å². The summed E-state index contributed by atoms with van der Waals surface area (Å²) in [4.78, 5) is 14.2. The maximum atomic E-state index is 6.05. The van der Waals surface area contributed by atoms with Gasteiger partial charge in [-0.3, -0.25) is 0 Å². The molecule has 0 bridgehead atoms. The van der Waals surface area contributed by atoms with Gasteiger partial charge >= 0.3 is 0 Å². The van der Waals surface area contributed by atoms with Crippen LogP contribution in [0.2, 0.25) is 0 Å². The molecule has 0 aliphatic heterocycles. The molecule has 0 spiro atoms. The van der Waals surface area contributed by atoms with E-state index in [1.807, 2.05) is 30.6 Å². The minimum Gasteiger partial charge on any atom is -0.497 e. The first-order valence-electron chi connectivity index (χ1n) is 10.8. The number of hydrogen-bond donors (Lipinski definition) is 3. The number of anilines is 2. The Kier molecular flexibility index (Phi) is 6.32. The molecule has 8 nitrogen and oxygen atoms in total. The third-order valence-corrected chi connectivity index (χ3v) is 5.65. The molecule has 1 aliphatic rings. The minimum absolute atomic E-state index is 0.319. The summed E-state index contributed by atoms with van der Waals surface area (Å²) in [6.07, 6.45) is 7.04. The van der Waals surface area contributed by atoms with Gasteiger partial charge < -0.3 is 25.7 Å². The van der Waals surface area contributed by atoms with Gasteiger partial charge in [0.2, 0.25) is 5.95 Å². The van der Waals surface area contributed by atoms with Crippen LogP contribution in [0.25, 0.3) is 11.2 Å². The number of aromatic nitrogens is 4. The van der Waals surface area contributed by atoms with E-state index in [2.05, 4.69) is 27.1 Å². The van der Waals surface area contributed by atoms with E-state index < -0.39 is 0 Å². The van der Waals surface area contributed by atoms with Gasteiger partial charge in [0.25, 0.3) is 0 Å². The molecule has 0 unspecified atom stereocenters. The first kappa shape index (κ1) is 20.4. The van der Waals surface area contributed by atoms with E-state index >= 15 is 0 Å². The molecule has 1 fully saturated rings. The van der Waals surface area contributed by atoms with Crippen molar-refractivity contribution in [1.29, 1.82) is 0 Å². The molecule has 1 saturated carbocycles. The number of rotatable bonds is 8. The fraction of sp³-hybridized carbons (Fsp3) is 0.500. The summed E-state index contributed by atoms with van der Waals surface area (Å²) in [6.45, 7) is 3.68. The van der Waals surface area contributed by atoms with Crippen molar-refractivity contribution in [2.45, 2.75) is 64.2 Å². The van der Waals surface area contributed by atoms with Gasteiger partial charge in [-0.1, -0.05) is 19.1 Å². The summed E-state index contributed by atoms with van der Waals surface area (Å²) in [6, 6.07) is 8.69. The Morgan fingerprint density at radius 3 is 2.60 bits per heavy atom. The van der Waals surface area contributed by atoms with E-state index in [1.165, 1.54) is 0 Å². The highest BCUT2D eigenvalue weighted by Crippen LogP contribution is 2.25. The third-order valence-electron chi connectivity index (χ3n) is 5.65. The van der Waals surface area contributed by atoms with Crippen LogP contribution in [0.3, 0.4) is 0 Å². The Hall–Kier alpha value is -2.87. The number of nitrogens with zero attached hydrogens (tertiary/aromatic N) is 4. The van der Waals surface area contributed by atoms with Crippen molar-refractivity contribution in [2.24, 2.45) is 5.73 Å². The molecule has 2 aromatic heterocycles.